The zero-order valence-corrected chi connectivity index (χ0v) is 12.3. The maximum absolute atomic E-state index is 13.6. The number of hydrogen-bond acceptors (Lipinski definition) is 3. The summed E-state index contributed by atoms with van der Waals surface area (Å²) >= 11 is 0. The molecule has 0 saturated heterocycles. The summed E-state index contributed by atoms with van der Waals surface area (Å²) in [6, 6.07) is 12.6. The number of hydrogen-bond donors (Lipinski definition) is 2. The Morgan fingerprint density at radius 1 is 1.27 bits per heavy atom. The molecule has 0 fully saturated rings. The maximum Gasteiger partial charge on any atom is 0.251 e. The van der Waals surface area contributed by atoms with Crippen LogP contribution in [0.15, 0.2) is 48.5 Å². The normalized spacial score (nSPS) is 11.8. The molecule has 0 radical (unpaired) electrons. The summed E-state index contributed by atoms with van der Waals surface area (Å²) < 4.78 is 19.0. The molecule has 2 rings (SSSR count). The predicted molar refractivity (Wildman–Crippen MR) is 81.3 cm³/mol. The Labute approximate surface area is 128 Å². The molecule has 2 aromatic rings. The van der Waals surface area contributed by atoms with Crippen LogP contribution in [0.3, 0.4) is 0 Å². The van der Waals surface area contributed by atoms with Gasteiger partial charge in [-0.15, -0.1) is 0 Å². The molecule has 116 valence electrons. The molecule has 22 heavy (non-hydrogen) atoms. The number of halogens is 1. The molecule has 0 aliphatic heterocycles. The average molecular weight is 303 g/mol. The van der Waals surface area contributed by atoms with Crippen LogP contribution in [0, 0.1) is 5.82 Å². The van der Waals surface area contributed by atoms with Gasteiger partial charge in [0.05, 0.1) is 0 Å². The molecule has 0 saturated carbocycles. The van der Waals surface area contributed by atoms with Gasteiger partial charge in [-0.05, 0) is 31.2 Å². The van der Waals surface area contributed by atoms with Gasteiger partial charge in [0, 0.05) is 17.7 Å². The van der Waals surface area contributed by atoms with Gasteiger partial charge in [-0.3, -0.25) is 4.79 Å². The topological polar surface area (TPSA) is 58.6 Å². The third-order valence-corrected chi connectivity index (χ3v) is 3.11. The number of aliphatic hydroxyl groups excluding tert-OH is 1. The van der Waals surface area contributed by atoms with E-state index in [1.165, 1.54) is 12.1 Å². The zero-order chi connectivity index (χ0) is 15.9. The van der Waals surface area contributed by atoms with E-state index in [1.54, 1.807) is 36.4 Å². The molecule has 2 aromatic carbocycles. The highest BCUT2D eigenvalue weighted by Crippen LogP contribution is 2.19. The van der Waals surface area contributed by atoms with Crippen molar-refractivity contribution in [3.05, 3.63) is 65.5 Å². The van der Waals surface area contributed by atoms with E-state index in [9.17, 15) is 14.3 Å². The Morgan fingerprint density at radius 2 is 2.05 bits per heavy atom. The van der Waals surface area contributed by atoms with Crippen LogP contribution in [-0.4, -0.2) is 24.2 Å². The molecular formula is C17H18FNO3. The molecule has 4 nitrogen and oxygen atoms in total. The minimum absolute atomic E-state index is 0.0974. The molecule has 0 bridgehead atoms. The fourth-order valence-corrected chi connectivity index (χ4v) is 2.00. The number of carbonyl (C=O) groups excluding carboxylic acids is 1. The van der Waals surface area contributed by atoms with Gasteiger partial charge in [0.1, 0.15) is 24.3 Å². The second-order valence-corrected chi connectivity index (χ2v) is 4.74. The van der Waals surface area contributed by atoms with Crippen molar-refractivity contribution in [2.75, 3.05) is 13.2 Å². The number of rotatable bonds is 6. The van der Waals surface area contributed by atoms with Crippen LogP contribution in [0.5, 0.6) is 5.75 Å². The lowest BCUT2D eigenvalue weighted by molar-refractivity contribution is 0.0953. The minimum atomic E-state index is -1.07. The number of ether oxygens (including phenoxy) is 1. The molecule has 1 unspecified atom stereocenters. The Balaban J connectivity index is 2.01. The number of carbonyl (C=O) groups is 1. The first-order valence-electron chi connectivity index (χ1n) is 7.05. The van der Waals surface area contributed by atoms with E-state index in [4.69, 9.17) is 4.74 Å². The van der Waals surface area contributed by atoms with Crippen LogP contribution >= 0.6 is 0 Å². The Bertz CT molecular complexity index is 645. The highest BCUT2D eigenvalue weighted by atomic mass is 19.1. The van der Waals surface area contributed by atoms with Crippen LogP contribution in [0.4, 0.5) is 4.39 Å². The van der Waals surface area contributed by atoms with E-state index in [0.29, 0.717) is 17.9 Å². The van der Waals surface area contributed by atoms with Crippen LogP contribution in [0.2, 0.25) is 0 Å². The Morgan fingerprint density at radius 3 is 2.77 bits per heavy atom. The van der Waals surface area contributed by atoms with Crippen molar-refractivity contribution in [3.63, 3.8) is 0 Å². The highest BCUT2D eigenvalue weighted by molar-refractivity contribution is 5.94. The van der Waals surface area contributed by atoms with Gasteiger partial charge in [-0.25, -0.2) is 4.39 Å². The molecule has 0 spiro atoms. The van der Waals surface area contributed by atoms with E-state index in [2.05, 4.69) is 5.32 Å². The van der Waals surface area contributed by atoms with Gasteiger partial charge in [-0.2, -0.15) is 0 Å². The summed E-state index contributed by atoms with van der Waals surface area (Å²) in [4.78, 5) is 11.7. The van der Waals surface area contributed by atoms with Crippen LogP contribution in [0.25, 0.3) is 0 Å². The third-order valence-electron chi connectivity index (χ3n) is 3.11. The number of benzene rings is 2. The summed E-state index contributed by atoms with van der Waals surface area (Å²) in [6.07, 6.45) is -1.07. The highest BCUT2D eigenvalue weighted by Gasteiger charge is 2.13. The molecule has 5 heteroatoms. The average Bonchev–Trinajstić information content (AvgIpc) is 2.53. The maximum atomic E-state index is 13.6. The van der Waals surface area contributed by atoms with E-state index < -0.39 is 11.9 Å². The lowest BCUT2D eigenvalue weighted by Crippen LogP contribution is -2.22. The quantitative estimate of drug-likeness (QED) is 0.862. The van der Waals surface area contributed by atoms with Gasteiger partial charge in [0.25, 0.3) is 5.91 Å². The first-order valence-corrected chi connectivity index (χ1v) is 7.05. The summed E-state index contributed by atoms with van der Waals surface area (Å²) in [5, 5.41) is 12.7. The van der Waals surface area contributed by atoms with Crippen molar-refractivity contribution in [1.29, 1.82) is 0 Å². The monoisotopic (exact) mass is 303 g/mol. The van der Waals surface area contributed by atoms with Gasteiger partial charge in [-0.1, -0.05) is 24.3 Å². The molecule has 0 aliphatic carbocycles. The molecular weight excluding hydrogens is 285 g/mol. The van der Waals surface area contributed by atoms with E-state index in [-0.39, 0.29) is 18.1 Å². The molecule has 0 heterocycles. The first kappa shape index (κ1) is 16.0. The molecule has 2 N–H and O–H groups in total. The van der Waals surface area contributed by atoms with Crippen molar-refractivity contribution in [1.82, 2.24) is 5.32 Å². The molecule has 0 aliphatic rings. The molecule has 0 aromatic heterocycles. The van der Waals surface area contributed by atoms with E-state index in [1.807, 2.05) is 6.92 Å². The first-order chi connectivity index (χ1) is 10.6. The van der Waals surface area contributed by atoms with Crippen molar-refractivity contribution in [2.45, 2.75) is 13.0 Å². The lowest BCUT2D eigenvalue weighted by Gasteiger charge is -2.14. The number of aliphatic hydroxyl groups is 1. The van der Waals surface area contributed by atoms with Crippen molar-refractivity contribution >= 4 is 5.91 Å². The van der Waals surface area contributed by atoms with Crippen LogP contribution < -0.4 is 10.1 Å². The van der Waals surface area contributed by atoms with E-state index >= 15 is 0 Å². The third kappa shape index (κ3) is 4.05. The second kappa shape index (κ2) is 7.56. The van der Waals surface area contributed by atoms with Crippen LogP contribution in [-0.2, 0) is 0 Å². The summed E-state index contributed by atoms with van der Waals surface area (Å²) in [7, 11) is 0. The standard InChI is InChI=1S/C17H18FNO3/c1-2-19-17(21)12-6-5-7-13(10-12)22-11-16(20)14-8-3-4-9-15(14)18/h3-10,16,20H,2,11H2,1H3,(H,19,21). The van der Waals surface area contributed by atoms with Crippen molar-refractivity contribution < 1.29 is 19.0 Å². The largest absolute Gasteiger partial charge is 0.491 e. The van der Waals surface area contributed by atoms with Gasteiger partial charge in [0.15, 0.2) is 0 Å². The zero-order valence-electron chi connectivity index (χ0n) is 12.3. The van der Waals surface area contributed by atoms with Gasteiger partial charge < -0.3 is 15.2 Å². The summed E-state index contributed by atoms with van der Waals surface area (Å²) in [6.45, 7) is 2.28. The van der Waals surface area contributed by atoms with Gasteiger partial charge in [0.2, 0.25) is 0 Å². The lowest BCUT2D eigenvalue weighted by atomic mass is 10.1. The molecule has 1 atom stereocenters. The summed E-state index contributed by atoms with van der Waals surface area (Å²) in [5.41, 5.74) is 0.655. The van der Waals surface area contributed by atoms with Gasteiger partial charge >= 0.3 is 0 Å². The minimum Gasteiger partial charge on any atom is -0.491 e. The fourth-order valence-electron chi connectivity index (χ4n) is 2.00. The van der Waals surface area contributed by atoms with Crippen LogP contribution in [0.1, 0.15) is 28.9 Å². The number of nitrogens with one attached hydrogen (secondary N) is 1. The summed E-state index contributed by atoms with van der Waals surface area (Å²) in [5.74, 6) is -0.226. The number of amides is 1. The van der Waals surface area contributed by atoms with Crippen molar-refractivity contribution in [3.8, 4) is 5.75 Å². The predicted octanol–water partition coefficient (Wildman–Crippen LogP) is 2.69. The van der Waals surface area contributed by atoms with Crippen molar-refractivity contribution in [2.24, 2.45) is 0 Å². The molecule has 1 amide bonds. The Hall–Kier alpha value is -2.40. The fraction of sp³-hybridized carbons (Fsp3) is 0.235. The Kier molecular flexibility index (Phi) is 5.49. The SMILES string of the molecule is CCNC(=O)c1cccc(OCC(O)c2ccccc2F)c1. The smallest absolute Gasteiger partial charge is 0.251 e. The van der Waals surface area contributed by atoms with E-state index in [0.717, 1.165) is 0 Å². The second-order valence-electron chi connectivity index (χ2n) is 4.74.